The summed E-state index contributed by atoms with van der Waals surface area (Å²) in [6.45, 7) is 2.43. The maximum Gasteiger partial charge on any atom is 0.257 e. The minimum Gasteiger partial charge on any atom is -0.493 e. The third kappa shape index (κ3) is 8.41. The van der Waals surface area contributed by atoms with Crippen molar-refractivity contribution in [1.82, 2.24) is 15.6 Å². The van der Waals surface area contributed by atoms with Crippen molar-refractivity contribution in [2.24, 2.45) is 5.10 Å². The number of nitrogens with one attached hydrogen (secondary N) is 2. The van der Waals surface area contributed by atoms with E-state index in [1.165, 1.54) is 0 Å². The Bertz CT molecular complexity index is 1410. The predicted octanol–water partition coefficient (Wildman–Crippen LogP) is 5.62. The van der Waals surface area contributed by atoms with Gasteiger partial charge in [0.05, 0.1) is 19.2 Å². The van der Waals surface area contributed by atoms with Gasteiger partial charge in [-0.15, -0.1) is 22.0 Å². The van der Waals surface area contributed by atoms with E-state index in [-0.39, 0.29) is 18.2 Å². The monoisotopic (exact) mass is 565 g/mol. The van der Waals surface area contributed by atoms with Crippen LogP contribution in [0.3, 0.4) is 0 Å². The molecule has 3 aromatic carbocycles. The van der Waals surface area contributed by atoms with Gasteiger partial charge in [0.25, 0.3) is 5.91 Å². The summed E-state index contributed by atoms with van der Waals surface area (Å²) in [6.07, 6.45) is 1.54. The normalized spacial score (nSPS) is 10.9. The Kier molecular flexibility index (Phi) is 9.85. The van der Waals surface area contributed by atoms with Gasteiger partial charge in [0, 0.05) is 21.2 Å². The molecule has 0 aliphatic carbocycles. The number of rotatable bonds is 11. The SMILES string of the molecule is Cc1ccccc1C(=O)Nc1nnc(CC(=O)N/N=C/c2ccc(OCCSc3ccc(Cl)cc3)cc2)s1. The molecule has 0 fully saturated rings. The van der Waals surface area contributed by atoms with Crippen LogP contribution in [0.2, 0.25) is 5.02 Å². The molecule has 2 amide bonds. The number of hydrogen-bond donors (Lipinski definition) is 2. The van der Waals surface area contributed by atoms with Crippen LogP contribution in [0.15, 0.2) is 82.8 Å². The summed E-state index contributed by atoms with van der Waals surface area (Å²) in [4.78, 5) is 25.8. The molecule has 0 saturated carbocycles. The minimum atomic E-state index is -0.340. The van der Waals surface area contributed by atoms with Crippen LogP contribution < -0.4 is 15.5 Å². The predicted molar refractivity (Wildman–Crippen MR) is 153 cm³/mol. The molecule has 0 radical (unpaired) electrons. The Hall–Kier alpha value is -3.73. The van der Waals surface area contributed by atoms with E-state index in [1.807, 2.05) is 67.6 Å². The van der Waals surface area contributed by atoms with E-state index in [0.717, 1.165) is 43.9 Å². The van der Waals surface area contributed by atoms with Gasteiger partial charge in [-0.25, -0.2) is 5.43 Å². The molecule has 194 valence electrons. The van der Waals surface area contributed by atoms with Crippen molar-refractivity contribution >= 4 is 57.9 Å². The standard InChI is InChI=1S/C27H24ClN5O3S2/c1-18-4-2-3-5-23(18)26(35)30-27-33-32-25(38-27)16-24(34)31-29-17-19-6-10-21(11-7-19)36-14-15-37-22-12-8-20(28)9-13-22/h2-13,17H,14-16H2,1H3,(H,31,34)(H,30,33,35)/b29-17+. The molecule has 0 aliphatic heterocycles. The number of thioether (sulfide) groups is 1. The first-order valence-corrected chi connectivity index (χ1v) is 13.8. The quantitative estimate of drug-likeness (QED) is 0.106. The summed E-state index contributed by atoms with van der Waals surface area (Å²) in [5.41, 5.74) is 4.71. The van der Waals surface area contributed by atoms with Crippen LogP contribution in [0.25, 0.3) is 0 Å². The number of hydrogen-bond acceptors (Lipinski definition) is 8. The Balaban J connectivity index is 1.17. The number of aromatic nitrogens is 2. The van der Waals surface area contributed by atoms with Gasteiger partial charge in [0.2, 0.25) is 11.0 Å². The Morgan fingerprint density at radius 3 is 2.58 bits per heavy atom. The van der Waals surface area contributed by atoms with Crippen LogP contribution in [-0.4, -0.2) is 40.6 Å². The first kappa shape index (κ1) is 27.3. The van der Waals surface area contributed by atoms with E-state index >= 15 is 0 Å². The lowest BCUT2D eigenvalue weighted by atomic mass is 10.1. The summed E-state index contributed by atoms with van der Waals surface area (Å²) in [5, 5.41) is 16.1. The Labute approximate surface area is 233 Å². The Morgan fingerprint density at radius 1 is 1.05 bits per heavy atom. The molecule has 0 spiro atoms. The van der Waals surface area contributed by atoms with E-state index < -0.39 is 0 Å². The second-order valence-electron chi connectivity index (χ2n) is 7.96. The van der Waals surface area contributed by atoms with Gasteiger partial charge in [0.15, 0.2) is 0 Å². The number of carbonyl (C=O) groups excluding carboxylic acids is 2. The minimum absolute atomic E-state index is 0.00392. The lowest BCUT2D eigenvalue weighted by Gasteiger charge is -2.06. The molecule has 11 heteroatoms. The summed E-state index contributed by atoms with van der Waals surface area (Å²) in [6, 6.07) is 22.4. The molecule has 38 heavy (non-hydrogen) atoms. The highest BCUT2D eigenvalue weighted by molar-refractivity contribution is 7.99. The summed E-state index contributed by atoms with van der Waals surface area (Å²) < 4.78 is 5.77. The number of nitrogens with zero attached hydrogens (tertiary/aromatic N) is 3. The molecule has 0 bridgehead atoms. The van der Waals surface area contributed by atoms with E-state index in [4.69, 9.17) is 16.3 Å². The summed E-state index contributed by atoms with van der Waals surface area (Å²) >= 11 is 8.74. The van der Waals surface area contributed by atoms with Crippen molar-refractivity contribution in [3.05, 3.63) is 99.5 Å². The maximum absolute atomic E-state index is 12.4. The molecule has 4 rings (SSSR count). The lowest BCUT2D eigenvalue weighted by Crippen LogP contribution is -2.19. The first-order valence-electron chi connectivity index (χ1n) is 11.6. The van der Waals surface area contributed by atoms with Crippen molar-refractivity contribution in [1.29, 1.82) is 0 Å². The van der Waals surface area contributed by atoms with Gasteiger partial charge in [-0.2, -0.15) is 5.10 Å². The number of hydrazone groups is 1. The number of halogens is 1. The van der Waals surface area contributed by atoms with Gasteiger partial charge in [-0.05, 0) is 72.6 Å². The first-order chi connectivity index (χ1) is 18.5. The van der Waals surface area contributed by atoms with Crippen LogP contribution >= 0.6 is 34.7 Å². The van der Waals surface area contributed by atoms with E-state index in [0.29, 0.717) is 22.3 Å². The molecule has 1 heterocycles. The maximum atomic E-state index is 12.4. The zero-order valence-corrected chi connectivity index (χ0v) is 22.8. The molecule has 0 saturated heterocycles. The molecule has 1 aromatic heterocycles. The summed E-state index contributed by atoms with van der Waals surface area (Å²) in [7, 11) is 0. The van der Waals surface area contributed by atoms with Gasteiger partial charge in [-0.3, -0.25) is 14.9 Å². The number of amides is 2. The molecule has 8 nitrogen and oxygen atoms in total. The van der Waals surface area contributed by atoms with Crippen molar-refractivity contribution in [2.75, 3.05) is 17.7 Å². The second kappa shape index (κ2) is 13.7. The second-order valence-corrected chi connectivity index (χ2v) is 10.6. The third-order valence-corrected chi connectivity index (χ3v) is 7.17. The zero-order chi connectivity index (χ0) is 26.7. The summed E-state index contributed by atoms with van der Waals surface area (Å²) in [5.74, 6) is 0.955. The highest BCUT2D eigenvalue weighted by atomic mass is 35.5. The molecule has 0 unspecified atom stereocenters. The highest BCUT2D eigenvalue weighted by Crippen LogP contribution is 2.21. The number of anilines is 1. The van der Waals surface area contributed by atoms with Crippen LogP contribution in [0.5, 0.6) is 5.75 Å². The molecule has 0 aliphatic rings. The highest BCUT2D eigenvalue weighted by Gasteiger charge is 2.13. The topological polar surface area (TPSA) is 106 Å². The molecular formula is C27H24ClN5O3S2. The van der Waals surface area contributed by atoms with Crippen molar-refractivity contribution in [3.8, 4) is 5.75 Å². The molecule has 0 atom stereocenters. The van der Waals surface area contributed by atoms with E-state index in [2.05, 4.69) is 26.0 Å². The lowest BCUT2D eigenvalue weighted by molar-refractivity contribution is -0.120. The van der Waals surface area contributed by atoms with Crippen LogP contribution in [0, 0.1) is 6.92 Å². The fourth-order valence-corrected chi connectivity index (χ4v) is 4.81. The average Bonchev–Trinajstić information content (AvgIpc) is 3.35. The smallest absolute Gasteiger partial charge is 0.257 e. The van der Waals surface area contributed by atoms with Gasteiger partial charge >= 0.3 is 0 Å². The van der Waals surface area contributed by atoms with Crippen molar-refractivity contribution < 1.29 is 14.3 Å². The average molecular weight is 566 g/mol. The number of carbonyl (C=O) groups is 2. The number of aryl methyl sites for hydroxylation is 1. The molecule has 2 N–H and O–H groups in total. The van der Waals surface area contributed by atoms with Crippen molar-refractivity contribution in [2.45, 2.75) is 18.2 Å². The van der Waals surface area contributed by atoms with Crippen LogP contribution in [0.1, 0.15) is 26.5 Å². The molecule has 4 aromatic rings. The number of ether oxygens (including phenoxy) is 1. The van der Waals surface area contributed by atoms with Gasteiger partial charge < -0.3 is 4.74 Å². The van der Waals surface area contributed by atoms with E-state index in [1.54, 1.807) is 30.1 Å². The largest absolute Gasteiger partial charge is 0.493 e. The van der Waals surface area contributed by atoms with Gasteiger partial charge in [-0.1, -0.05) is 41.1 Å². The van der Waals surface area contributed by atoms with Crippen LogP contribution in [-0.2, 0) is 11.2 Å². The fourth-order valence-electron chi connectivity index (χ4n) is 3.22. The van der Waals surface area contributed by atoms with Crippen molar-refractivity contribution in [3.63, 3.8) is 0 Å². The fraction of sp³-hybridized carbons (Fsp3) is 0.148. The van der Waals surface area contributed by atoms with Gasteiger partial charge in [0.1, 0.15) is 10.8 Å². The third-order valence-electron chi connectivity index (χ3n) is 5.11. The zero-order valence-electron chi connectivity index (χ0n) is 20.4. The van der Waals surface area contributed by atoms with E-state index in [9.17, 15) is 9.59 Å². The number of benzene rings is 3. The molecular weight excluding hydrogens is 542 g/mol. The Morgan fingerprint density at radius 2 is 1.82 bits per heavy atom. The van der Waals surface area contributed by atoms with Crippen LogP contribution in [0.4, 0.5) is 5.13 Å².